The highest BCUT2D eigenvalue weighted by Crippen LogP contribution is 2.53. The van der Waals surface area contributed by atoms with Gasteiger partial charge in [0, 0.05) is 38.9 Å². The molecule has 3 aromatic heterocycles. The van der Waals surface area contributed by atoms with Crippen molar-refractivity contribution in [1.29, 1.82) is 5.26 Å². The SMILES string of the molecule is [C-]#[N+]c1c(-c2ccccc2)c(C#N)c(-n2c3cc(-c4ccccc4)ccc3c3ccc(-c4ccccc4)cc32)c(-c2ccccc2)c1-n1c2cccc3c4ccccc4c4ccnc1c4c32. The maximum absolute atomic E-state index is 11.9. The standard InChI is InChI=1S/C61H35N5/c1-63-58-54(40-21-10-4-11-22-40)50(37-62)59(65-52-35-42(38-17-6-2-7-18-38)29-31-46(52)47-32-30-43(36-53(47)65)39-19-8-3-9-20-39)55(41-23-12-5-13-24-41)60(58)66-51-28-16-27-48-44-25-14-15-26-45(44)49-33-34-64-61(66)57(49)56(48)51/h2-36H. The molecule has 0 N–H and O–H groups in total. The van der Waals surface area contributed by atoms with Crippen LogP contribution in [-0.2, 0) is 0 Å². The zero-order valence-electron chi connectivity index (χ0n) is 35.4. The smallest absolute Gasteiger partial charge is 0.220 e. The van der Waals surface area contributed by atoms with E-state index in [-0.39, 0.29) is 0 Å². The minimum absolute atomic E-state index is 0.379. The van der Waals surface area contributed by atoms with E-state index in [2.05, 4.69) is 166 Å². The molecule has 0 bridgehead atoms. The van der Waals surface area contributed by atoms with Crippen LogP contribution in [0.25, 0.3) is 126 Å². The molecule has 0 saturated carbocycles. The summed E-state index contributed by atoms with van der Waals surface area (Å²) in [4.78, 5) is 9.74. The third-order valence-corrected chi connectivity index (χ3v) is 13.4. The Labute approximate surface area is 380 Å². The van der Waals surface area contributed by atoms with E-state index in [4.69, 9.17) is 4.98 Å². The van der Waals surface area contributed by atoms with Crippen molar-refractivity contribution >= 4 is 71.0 Å². The number of fused-ring (bicyclic) bond motifs is 6. The van der Waals surface area contributed by atoms with Crippen molar-refractivity contribution in [2.75, 3.05) is 0 Å². The van der Waals surface area contributed by atoms with Crippen molar-refractivity contribution in [3.05, 3.63) is 229 Å². The molecule has 0 saturated heterocycles. The summed E-state index contributed by atoms with van der Waals surface area (Å²) < 4.78 is 4.52. The Bertz CT molecular complexity index is 3970. The number of rotatable bonds is 6. The summed E-state index contributed by atoms with van der Waals surface area (Å²) in [6, 6.07) is 74.4. The van der Waals surface area contributed by atoms with Gasteiger partial charge in [-0.25, -0.2) is 9.83 Å². The van der Waals surface area contributed by atoms with E-state index in [9.17, 15) is 11.8 Å². The maximum atomic E-state index is 11.9. The molecule has 5 heteroatoms. The Balaban J connectivity index is 1.30. The van der Waals surface area contributed by atoms with Crippen LogP contribution in [0.4, 0.5) is 5.69 Å². The number of pyridine rings is 1. The molecule has 0 fully saturated rings. The van der Waals surface area contributed by atoms with Crippen molar-refractivity contribution in [2.45, 2.75) is 0 Å². The van der Waals surface area contributed by atoms with Gasteiger partial charge in [0.15, 0.2) is 0 Å². The van der Waals surface area contributed by atoms with E-state index < -0.39 is 0 Å². The second-order valence-corrected chi connectivity index (χ2v) is 16.8. The first-order chi connectivity index (χ1) is 32.7. The van der Waals surface area contributed by atoms with Crippen molar-refractivity contribution in [2.24, 2.45) is 0 Å². The molecule has 3 heterocycles. The summed E-state index contributed by atoms with van der Waals surface area (Å²) in [5, 5.41) is 20.7. The van der Waals surface area contributed by atoms with Gasteiger partial charge >= 0.3 is 0 Å². The van der Waals surface area contributed by atoms with E-state index in [1.54, 1.807) is 0 Å². The van der Waals surface area contributed by atoms with Crippen LogP contribution in [0.15, 0.2) is 212 Å². The fraction of sp³-hybridized carbons (Fsp3) is 0. The first-order valence-electron chi connectivity index (χ1n) is 22.1. The molecule has 0 atom stereocenters. The van der Waals surface area contributed by atoms with Crippen molar-refractivity contribution in [3.63, 3.8) is 0 Å². The summed E-state index contributed by atoms with van der Waals surface area (Å²) in [5.74, 6) is 0. The zero-order valence-corrected chi connectivity index (χ0v) is 35.4. The number of nitriles is 1. The monoisotopic (exact) mass is 837 g/mol. The van der Waals surface area contributed by atoms with Crippen LogP contribution in [0.5, 0.6) is 0 Å². The van der Waals surface area contributed by atoms with Crippen LogP contribution in [0.1, 0.15) is 5.56 Å². The summed E-state index contributed by atoms with van der Waals surface area (Å²) >= 11 is 0. The summed E-state index contributed by atoms with van der Waals surface area (Å²) in [6.45, 7) is 9.26. The topological polar surface area (TPSA) is 50.9 Å². The Morgan fingerprint density at radius 1 is 0.409 bits per heavy atom. The Hall–Kier alpha value is -9.29. The van der Waals surface area contributed by atoms with Gasteiger partial charge in [0.1, 0.15) is 11.7 Å². The van der Waals surface area contributed by atoms with Crippen LogP contribution >= 0.6 is 0 Å². The van der Waals surface area contributed by atoms with Gasteiger partial charge in [-0.1, -0.05) is 182 Å². The lowest BCUT2D eigenvalue weighted by molar-refractivity contribution is 1.12. The molecule has 304 valence electrons. The Morgan fingerprint density at radius 3 is 1.45 bits per heavy atom. The predicted octanol–water partition coefficient (Wildman–Crippen LogP) is 16.1. The lowest BCUT2D eigenvalue weighted by atomic mass is 9.88. The Morgan fingerprint density at radius 2 is 0.909 bits per heavy atom. The maximum Gasteiger partial charge on any atom is 0.220 e. The minimum Gasteiger partial charge on any atom is -0.307 e. The van der Waals surface area contributed by atoms with Crippen molar-refractivity contribution in [3.8, 4) is 62.0 Å². The van der Waals surface area contributed by atoms with Crippen LogP contribution in [0.3, 0.4) is 0 Å². The van der Waals surface area contributed by atoms with Gasteiger partial charge < -0.3 is 9.13 Å². The van der Waals surface area contributed by atoms with Crippen LogP contribution in [-0.4, -0.2) is 14.1 Å². The summed E-state index contributed by atoms with van der Waals surface area (Å²) in [6.07, 6.45) is 1.89. The fourth-order valence-electron chi connectivity index (χ4n) is 10.6. The lowest BCUT2D eigenvalue weighted by Gasteiger charge is -2.25. The van der Waals surface area contributed by atoms with Gasteiger partial charge in [-0.2, -0.15) is 5.26 Å². The number of hydrogen-bond acceptors (Lipinski definition) is 2. The molecule has 0 unspecified atom stereocenters. The molecule has 0 aliphatic heterocycles. The second-order valence-electron chi connectivity index (χ2n) is 16.8. The number of nitrogens with zero attached hydrogens (tertiary/aromatic N) is 5. The van der Waals surface area contributed by atoms with Gasteiger partial charge in [-0.3, -0.25) is 0 Å². The third-order valence-electron chi connectivity index (χ3n) is 13.4. The second kappa shape index (κ2) is 14.6. The number of aromatic nitrogens is 3. The first kappa shape index (κ1) is 37.3. The molecule has 0 radical (unpaired) electrons. The zero-order chi connectivity index (χ0) is 43.9. The highest BCUT2D eigenvalue weighted by molar-refractivity contribution is 6.34. The summed E-state index contributed by atoms with van der Waals surface area (Å²) in [5.41, 5.74) is 13.0. The molecular weight excluding hydrogens is 803 g/mol. The highest BCUT2D eigenvalue weighted by Gasteiger charge is 2.32. The molecule has 0 aliphatic rings. The van der Waals surface area contributed by atoms with E-state index in [1.807, 2.05) is 66.9 Å². The van der Waals surface area contributed by atoms with Crippen molar-refractivity contribution in [1.82, 2.24) is 14.1 Å². The Kier molecular flexibility index (Phi) is 8.27. The van der Waals surface area contributed by atoms with E-state index in [0.29, 0.717) is 28.2 Å². The molecule has 66 heavy (non-hydrogen) atoms. The van der Waals surface area contributed by atoms with Gasteiger partial charge in [-0.05, 0) is 79.2 Å². The minimum atomic E-state index is 0.379. The number of hydrogen-bond donors (Lipinski definition) is 0. The van der Waals surface area contributed by atoms with E-state index in [0.717, 1.165) is 104 Å². The van der Waals surface area contributed by atoms with Crippen LogP contribution in [0, 0.1) is 17.9 Å². The molecule has 0 amide bonds. The number of benzene rings is 10. The van der Waals surface area contributed by atoms with Gasteiger partial charge in [0.25, 0.3) is 0 Å². The third kappa shape index (κ3) is 5.35. The fourth-order valence-corrected chi connectivity index (χ4v) is 10.6. The molecule has 10 aromatic carbocycles. The molecule has 0 spiro atoms. The predicted molar refractivity (Wildman–Crippen MR) is 272 cm³/mol. The molecular formula is C61H35N5. The molecule has 5 nitrogen and oxygen atoms in total. The van der Waals surface area contributed by atoms with Gasteiger partial charge in [0.2, 0.25) is 5.69 Å². The molecule has 13 rings (SSSR count). The largest absolute Gasteiger partial charge is 0.307 e. The summed E-state index contributed by atoms with van der Waals surface area (Å²) in [7, 11) is 0. The molecule has 13 aromatic rings. The average molecular weight is 838 g/mol. The molecule has 0 aliphatic carbocycles. The van der Waals surface area contributed by atoms with Gasteiger partial charge in [0.05, 0.1) is 40.1 Å². The first-order valence-corrected chi connectivity index (χ1v) is 22.1. The van der Waals surface area contributed by atoms with Gasteiger partial charge in [-0.15, -0.1) is 0 Å². The normalized spacial score (nSPS) is 11.6. The quantitative estimate of drug-likeness (QED) is 0.124. The van der Waals surface area contributed by atoms with Crippen molar-refractivity contribution < 1.29 is 0 Å². The average Bonchev–Trinajstić information content (AvgIpc) is 3.90. The van der Waals surface area contributed by atoms with Crippen LogP contribution in [0.2, 0.25) is 0 Å². The van der Waals surface area contributed by atoms with E-state index >= 15 is 0 Å². The van der Waals surface area contributed by atoms with E-state index in [1.165, 1.54) is 0 Å². The van der Waals surface area contributed by atoms with Crippen LogP contribution < -0.4 is 0 Å². The highest BCUT2D eigenvalue weighted by atomic mass is 15.1. The lowest BCUT2D eigenvalue weighted by Crippen LogP contribution is -2.09.